The Labute approximate surface area is 151 Å². The summed E-state index contributed by atoms with van der Waals surface area (Å²) in [5.74, 6) is -0.609. The summed E-state index contributed by atoms with van der Waals surface area (Å²) in [4.78, 5) is 26.1. The van der Waals surface area contributed by atoms with Crippen molar-refractivity contribution in [2.75, 3.05) is 18.6 Å². The van der Waals surface area contributed by atoms with E-state index in [1.807, 2.05) is 6.92 Å². The van der Waals surface area contributed by atoms with E-state index < -0.39 is 17.6 Å². The van der Waals surface area contributed by atoms with Gasteiger partial charge in [0, 0.05) is 0 Å². The Morgan fingerprint density at radius 1 is 0.923 bits per heavy atom. The van der Waals surface area contributed by atoms with Gasteiger partial charge in [0.1, 0.15) is 11.5 Å². The van der Waals surface area contributed by atoms with E-state index in [1.165, 1.54) is 7.11 Å². The average molecular weight is 353 g/mol. The number of anilines is 1. The molecule has 2 amide bonds. The Morgan fingerprint density at radius 3 is 2.12 bits per heavy atom. The number of nitrogens with zero attached hydrogens (tertiary/aromatic N) is 1. The Hall–Kier alpha value is -3.28. The lowest BCUT2D eigenvalue weighted by Gasteiger charge is -2.15. The third kappa shape index (κ3) is 3.13. The van der Waals surface area contributed by atoms with Crippen molar-refractivity contribution < 1.29 is 24.2 Å². The van der Waals surface area contributed by atoms with Gasteiger partial charge in [0.05, 0.1) is 25.0 Å². The van der Waals surface area contributed by atoms with Crippen molar-refractivity contribution in [3.63, 3.8) is 0 Å². The van der Waals surface area contributed by atoms with Crippen LogP contribution in [0.1, 0.15) is 18.9 Å². The summed E-state index contributed by atoms with van der Waals surface area (Å²) < 4.78 is 10.6. The van der Waals surface area contributed by atoms with E-state index in [0.717, 1.165) is 11.3 Å². The Balaban J connectivity index is 1.88. The number of rotatable bonds is 6. The van der Waals surface area contributed by atoms with Gasteiger partial charge in [-0.2, -0.15) is 0 Å². The summed E-state index contributed by atoms with van der Waals surface area (Å²) in [6, 6.07) is 13.2. The van der Waals surface area contributed by atoms with Crippen molar-refractivity contribution in [2.45, 2.75) is 13.3 Å². The first-order valence-corrected chi connectivity index (χ1v) is 8.26. The zero-order valence-corrected chi connectivity index (χ0v) is 14.6. The van der Waals surface area contributed by atoms with E-state index in [2.05, 4.69) is 0 Å². The molecule has 2 aromatic carbocycles. The zero-order valence-electron chi connectivity index (χ0n) is 14.6. The molecule has 134 valence electrons. The third-order valence-electron chi connectivity index (χ3n) is 4.01. The molecule has 3 rings (SSSR count). The molecule has 6 heteroatoms. The van der Waals surface area contributed by atoms with Gasteiger partial charge in [-0.05, 0) is 48.4 Å². The Kier molecular flexibility index (Phi) is 4.93. The van der Waals surface area contributed by atoms with Crippen LogP contribution in [0.5, 0.6) is 11.5 Å². The molecule has 0 saturated carbocycles. The minimum absolute atomic E-state index is 0.0205. The Bertz CT molecular complexity index is 853. The molecule has 0 aliphatic carbocycles. The molecule has 0 fully saturated rings. The lowest BCUT2D eigenvalue weighted by atomic mass is 10.1. The number of benzene rings is 2. The van der Waals surface area contributed by atoms with Gasteiger partial charge in [0.2, 0.25) is 0 Å². The minimum atomic E-state index is -0.749. The monoisotopic (exact) mass is 353 g/mol. The summed E-state index contributed by atoms with van der Waals surface area (Å²) in [6.07, 6.45) is 0.886. The first-order valence-electron chi connectivity index (χ1n) is 8.26. The van der Waals surface area contributed by atoms with Gasteiger partial charge in [-0.3, -0.25) is 9.59 Å². The van der Waals surface area contributed by atoms with Crippen molar-refractivity contribution in [3.8, 4) is 11.5 Å². The smallest absolute Gasteiger partial charge is 0.301 e. The van der Waals surface area contributed by atoms with Crippen molar-refractivity contribution in [1.82, 2.24) is 0 Å². The fourth-order valence-corrected chi connectivity index (χ4v) is 2.68. The van der Waals surface area contributed by atoms with Crippen LogP contribution < -0.4 is 14.4 Å². The highest BCUT2D eigenvalue weighted by Gasteiger charge is 2.40. The predicted octanol–water partition coefficient (Wildman–Crippen LogP) is 3.33. The van der Waals surface area contributed by atoms with E-state index in [0.29, 0.717) is 29.4 Å². The number of aliphatic hydroxyl groups excluding tert-OH is 1. The molecule has 0 aromatic heterocycles. The van der Waals surface area contributed by atoms with Crippen LogP contribution in [-0.4, -0.2) is 30.6 Å². The normalized spacial score (nSPS) is 14.2. The first-order chi connectivity index (χ1) is 12.6. The standard InChI is InChI=1S/C20H19NO5/c1-3-12-26-16-8-4-13(5-9-16)17-18(22)20(24)21(19(17)23)14-6-10-15(25-2)11-7-14/h4-11,22H,3,12H2,1-2H3. The van der Waals surface area contributed by atoms with Crippen molar-refractivity contribution >= 4 is 23.1 Å². The van der Waals surface area contributed by atoms with Crippen LogP contribution in [0, 0.1) is 0 Å². The maximum atomic E-state index is 12.8. The van der Waals surface area contributed by atoms with E-state index in [9.17, 15) is 14.7 Å². The Morgan fingerprint density at radius 2 is 1.54 bits per heavy atom. The number of carbonyl (C=O) groups excluding carboxylic acids is 2. The lowest BCUT2D eigenvalue weighted by molar-refractivity contribution is -0.121. The highest BCUT2D eigenvalue weighted by atomic mass is 16.5. The number of amides is 2. The summed E-state index contributed by atoms with van der Waals surface area (Å²) in [7, 11) is 1.53. The number of methoxy groups -OCH3 is 1. The molecule has 26 heavy (non-hydrogen) atoms. The number of imide groups is 1. The fraction of sp³-hybridized carbons (Fsp3) is 0.200. The van der Waals surface area contributed by atoms with Gasteiger partial charge in [-0.1, -0.05) is 19.1 Å². The zero-order chi connectivity index (χ0) is 18.7. The lowest BCUT2D eigenvalue weighted by Crippen LogP contribution is -2.31. The molecule has 2 aromatic rings. The molecule has 0 spiro atoms. The molecule has 1 aliphatic rings. The van der Waals surface area contributed by atoms with E-state index in [-0.39, 0.29) is 5.57 Å². The summed E-state index contributed by atoms with van der Waals surface area (Å²) in [5, 5.41) is 10.2. The average Bonchev–Trinajstić information content (AvgIpc) is 2.89. The molecule has 6 nitrogen and oxygen atoms in total. The van der Waals surface area contributed by atoms with Crippen LogP contribution in [0.2, 0.25) is 0 Å². The third-order valence-corrected chi connectivity index (χ3v) is 4.01. The van der Waals surface area contributed by atoms with Gasteiger partial charge < -0.3 is 14.6 Å². The highest BCUT2D eigenvalue weighted by molar-refractivity contribution is 6.44. The molecule has 0 unspecified atom stereocenters. The second-order valence-corrected chi connectivity index (χ2v) is 5.74. The van der Waals surface area contributed by atoms with E-state index in [4.69, 9.17) is 9.47 Å². The molecule has 0 radical (unpaired) electrons. The van der Waals surface area contributed by atoms with Crippen LogP contribution in [0.4, 0.5) is 5.69 Å². The molecule has 1 heterocycles. The topological polar surface area (TPSA) is 76.1 Å². The molecule has 1 aliphatic heterocycles. The molecule has 0 bridgehead atoms. The van der Waals surface area contributed by atoms with Gasteiger partial charge in [-0.25, -0.2) is 4.90 Å². The number of carbonyl (C=O) groups is 2. The van der Waals surface area contributed by atoms with Gasteiger partial charge in [-0.15, -0.1) is 0 Å². The van der Waals surface area contributed by atoms with Gasteiger partial charge in [0.25, 0.3) is 5.91 Å². The van der Waals surface area contributed by atoms with Crippen LogP contribution in [0.3, 0.4) is 0 Å². The SMILES string of the molecule is CCCOc1ccc(C2=C(O)C(=O)N(c3ccc(OC)cc3)C2=O)cc1. The molecule has 0 atom stereocenters. The number of aliphatic hydroxyl groups is 1. The van der Waals surface area contributed by atoms with E-state index >= 15 is 0 Å². The minimum Gasteiger partial charge on any atom is -0.502 e. The predicted molar refractivity (Wildman–Crippen MR) is 97.3 cm³/mol. The van der Waals surface area contributed by atoms with Gasteiger partial charge in [0.15, 0.2) is 5.76 Å². The first kappa shape index (κ1) is 17.5. The summed E-state index contributed by atoms with van der Waals surface area (Å²) in [6.45, 7) is 2.60. The highest BCUT2D eigenvalue weighted by Crippen LogP contribution is 2.33. The van der Waals surface area contributed by atoms with Gasteiger partial charge >= 0.3 is 5.91 Å². The van der Waals surface area contributed by atoms with Crippen molar-refractivity contribution in [3.05, 3.63) is 59.9 Å². The van der Waals surface area contributed by atoms with Crippen molar-refractivity contribution in [1.29, 1.82) is 0 Å². The van der Waals surface area contributed by atoms with Crippen LogP contribution >= 0.6 is 0 Å². The molecule has 1 N–H and O–H groups in total. The number of ether oxygens (including phenoxy) is 2. The van der Waals surface area contributed by atoms with Crippen LogP contribution in [0.25, 0.3) is 5.57 Å². The molecular formula is C20H19NO5. The number of hydrogen-bond acceptors (Lipinski definition) is 5. The number of hydrogen-bond donors (Lipinski definition) is 1. The quantitative estimate of drug-likeness (QED) is 0.806. The summed E-state index contributed by atoms with van der Waals surface area (Å²) in [5.41, 5.74) is 0.804. The van der Waals surface area contributed by atoms with Crippen molar-refractivity contribution in [2.24, 2.45) is 0 Å². The molecular weight excluding hydrogens is 334 g/mol. The maximum absolute atomic E-state index is 12.8. The van der Waals surface area contributed by atoms with Crippen LogP contribution in [0.15, 0.2) is 54.3 Å². The van der Waals surface area contributed by atoms with E-state index in [1.54, 1.807) is 48.5 Å². The molecule has 0 saturated heterocycles. The largest absolute Gasteiger partial charge is 0.502 e. The second-order valence-electron chi connectivity index (χ2n) is 5.74. The fourth-order valence-electron chi connectivity index (χ4n) is 2.68. The van der Waals surface area contributed by atoms with Crippen LogP contribution in [-0.2, 0) is 9.59 Å². The second kappa shape index (κ2) is 7.31. The summed E-state index contributed by atoms with van der Waals surface area (Å²) >= 11 is 0. The maximum Gasteiger partial charge on any atom is 0.301 e.